The van der Waals surface area contributed by atoms with Crippen molar-refractivity contribution in [3.63, 3.8) is 0 Å². The molecule has 0 saturated heterocycles. The molecular weight excluding hydrogens is 863 g/mol. The molecule has 70 heavy (non-hydrogen) atoms. The van der Waals surface area contributed by atoms with Crippen molar-refractivity contribution in [2.45, 2.75) is 386 Å². The van der Waals surface area contributed by atoms with Crippen LogP contribution in [0.25, 0.3) is 0 Å². The maximum atomic E-state index is 12.5. The van der Waals surface area contributed by atoms with Crippen molar-refractivity contribution >= 4 is 11.9 Å². The number of hydrogen-bond acceptors (Lipinski definition) is 5. The predicted molar refractivity (Wildman–Crippen MR) is 306 cm³/mol. The van der Waals surface area contributed by atoms with E-state index >= 15 is 0 Å². The van der Waals surface area contributed by atoms with Crippen molar-refractivity contribution in [3.05, 3.63) is 0 Å². The Bertz CT molecular complexity index is 1010. The first-order valence-electron chi connectivity index (χ1n) is 32.3. The summed E-state index contributed by atoms with van der Waals surface area (Å²) in [5.41, 5.74) is 0. The van der Waals surface area contributed by atoms with Gasteiger partial charge in [-0.3, -0.25) is 9.59 Å². The quantitative estimate of drug-likeness (QED) is 0.0417. The lowest BCUT2D eigenvalue weighted by Crippen LogP contribution is -2.45. The van der Waals surface area contributed by atoms with Gasteiger partial charge in [0, 0.05) is 12.8 Å². The second-order valence-electron chi connectivity index (χ2n) is 22.5. The van der Waals surface area contributed by atoms with E-state index < -0.39 is 12.1 Å². The number of amides is 1. The molecule has 0 saturated carbocycles. The van der Waals surface area contributed by atoms with Gasteiger partial charge in [0.1, 0.15) is 0 Å². The minimum Gasteiger partial charge on any atom is -0.466 e. The van der Waals surface area contributed by atoms with Gasteiger partial charge in [0.15, 0.2) is 0 Å². The van der Waals surface area contributed by atoms with Crippen molar-refractivity contribution in [1.29, 1.82) is 0 Å². The summed E-state index contributed by atoms with van der Waals surface area (Å²) in [5.74, 6) is -0.0105. The normalized spacial score (nSPS) is 12.5. The first-order valence-corrected chi connectivity index (χ1v) is 32.3. The summed E-state index contributed by atoms with van der Waals surface area (Å²) >= 11 is 0. The highest BCUT2D eigenvalue weighted by atomic mass is 16.5. The Balaban J connectivity index is 3.34. The number of nitrogens with one attached hydrogen (secondary N) is 1. The predicted octanol–water partition coefficient (Wildman–Crippen LogP) is 20.3. The molecule has 0 rings (SSSR count). The molecule has 418 valence electrons. The van der Waals surface area contributed by atoms with Crippen LogP contribution in [0, 0.1) is 0 Å². The van der Waals surface area contributed by atoms with E-state index in [9.17, 15) is 19.8 Å². The van der Waals surface area contributed by atoms with Gasteiger partial charge in [-0.05, 0) is 25.7 Å². The van der Waals surface area contributed by atoms with Crippen LogP contribution < -0.4 is 5.32 Å². The molecule has 0 aromatic carbocycles. The van der Waals surface area contributed by atoms with Gasteiger partial charge in [-0.1, -0.05) is 335 Å². The number of aliphatic hydroxyl groups is 2. The number of ether oxygens (including phenoxy) is 1. The lowest BCUT2D eigenvalue weighted by atomic mass is 10.0. The van der Waals surface area contributed by atoms with Crippen LogP contribution in [0.4, 0.5) is 0 Å². The van der Waals surface area contributed by atoms with Crippen molar-refractivity contribution in [2.75, 3.05) is 13.2 Å². The third-order valence-electron chi connectivity index (χ3n) is 15.4. The zero-order chi connectivity index (χ0) is 50.7. The molecule has 0 aromatic heterocycles. The number of esters is 1. The molecule has 0 fully saturated rings. The van der Waals surface area contributed by atoms with Gasteiger partial charge in [-0.25, -0.2) is 0 Å². The van der Waals surface area contributed by atoms with Crippen LogP contribution in [0.15, 0.2) is 0 Å². The molecule has 0 heterocycles. The van der Waals surface area contributed by atoms with E-state index in [-0.39, 0.29) is 18.5 Å². The molecular formula is C64H127NO5. The van der Waals surface area contributed by atoms with E-state index in [1.165, 1.54) is 302 Å². The average Bonchev–Trinajstić information content (AvgIpc) is 3.36. The topological polar surface area (TPSA) is 95.9 Å². The van der Waals surface area contributed by atoms with Crippen LogP contribution >= 0.6 is 0 Å². The van der Waals surface area contributed by atoms with Crippen molar-refractivity contribution in [3.8, 4) is 0 Å². The van der Waals surface area contributed by atoms with Gasteiger partial charge in [-0.15, -0.1) is 0 Å². The second kappa shape index (κ2) is 60.4. The smallest absolute Gasteiger partial charge is 0.305 e. The Kier molecular flexibility index (Phi) is 59.4. The average molecular weight is 991 g/mol. The maximum absolute atomic E-state index is 12.5. The molecule has 2 atom stereocenters. The molecule has 1 amide bonds. The van der Waals surface area contributed by atoms with Crippen LogP contribution in [0.1, 0.15) is 373 Å². The molecule has 0 spiro atoms. The Morgan fingerprint density at radius 2 is 0.586 bits per heavy atom. The van der Waals surface area contributed by atoms with Crippen LogP contribution in [-0.2, 0) is 14.3 Å². The Hall–Kier alpha value is -1.14. The SMILES string of the molecule is CCCCCCCCCCCCCCCCCC(O)C(CO)NC(=O)CCCCCCCCCCCCCCCCCCCCCCCCCCCCOC(=O)CCCCCCCCCCCCCC. The van der Waals surface area contributed by atoms with Gasteiger partial charge in [0.05, 0.1) is 25.4 Å². The van der Waals surface area contributed by atoms with Crippen LogP contribution in [0.3, 0.4) is 0 Å². The Labute approximate surface area is 438 Å². The Morgan fingerprint density at radius 3 is 0.871 bits per heavy atom. The van der Waals surface area contributed by atoms with Gasteiger partial charge in [0.2, 0.25) is 5.91 Å². The van der Waals surface area contributed by atoms with Crippen molar-refractivity contribution < 1.29 is 24.5 Å². The lowest BCUT2D eigenvalue weighted by Gasteiger charge is -2.22. The number of rotatable bonds is 61. The molecule has 6 heteroatoms. The monoisotopic (exact) mass is 990 g/mol. The summed E-state index contributed by atoms with van der Waals surface area (Å²) < 4.78 is 5.48. The van der Waals surface area contributed by atoms with E-state index in [0.717, 1.165) is 38.5 Å². The van der Waals surface area contributed by atoms with E-state index in [0.29, 0.717) is 25.9 Å². The summed E-state index contributed by atoms with van der Waals surface area (Å²) in [6.45, 7) is 4.99. The molecule has 2 unspecified atom stereocenters. The molecule has 0 aliphatic heterocycles. The Morgan fingerprint density at radius 1 is 0.343 bits per heavy atom. The first kappa shape index (κ1) is 68.9. The van der Waals surface area contributed by atoms with Gasteiger partial charge < -0.3 is 20.3 Å². The number of hydrogen-bond donors (Lipinski definition) is 3. The van der Waals surface area contributed by atoms with Crippen LogP contribution in [-0.4, -0.2) is 47.4 Å². The summed E-state index contributed by atoms with van der Waals surface area (Å²) in [7, 11) is 0. The van der Waals surface area contributed by atoms with E-state index in [2.05, 4.69) is 19.2 Å². The van der Waals surface area contributed by atoms with E-state index in [1.54, 1.807) is 0 Å². The minimum atomic E-state index is -0.661. The minimum absolute atomic E-state index is 0.0189. The highest BCUT2D eigenvalue weighted by Crippen LogP contribution is 2.19. The summed E-state index contributed by atoms with van der Waals surface area (Å²) in [4.78, 5) is 24.5. The van der Waals surface area contributed by atoms with E-state index in [4.69, 9.17) is 4.74 Å². The number of unbranched alkanes of at least 4 members (excludes halogenated alkanes) is 50. The summed E-state index contributed by atoms with van der Waals surface area (Å²) in [5, 5.41) is 23.3. The molecule has 0 aliphatic carbocycles. The lowest BCUT2D eigenvalue weighted by molar-refractivity contribution is -0.143. The summed E-state index contributed by atoms with van der Waals surface area (Å²) in [6, 6.07) is -0.538. The molecule has 0 radical (unpaired) electrons. The standard InChI is InChI=1S/C64H127NO5/c1-3-5-7-9-11-13-15-17-30-33-36-40-44-48-52-56-62(67)61(60-66)65-63(68)57-53-49-45-41-37-34-31-28-26-24-22-20-18-19-21-23-25-27-29-32-35-39-43-47-51-55-59-70-64(69)58-54-50-46-42-38-16-14-12-10-8-6-4-2/h61-62,66-67H,3-60H2,1-2H3,(H,65,68). The maximum Gasteiger partial charge on any atom is 0.305 e. The molecule has 0 bridgehead atoms. The fraction of sp³-hybridized carbons (Fsp3) is 0.969. The number of carbonyl (C=O) groups excluding carboxylic acids is 2. The summed E-state index contributed by atoms with van der Waals surface area (Å²) in [6.07, 6.45) is 71.3. The first-order chi connectivity index (χ1) is 34.5. The molecule has 3 N–H and O–H groups in total. The number of carbonyl (C=O) groups is 2. The molecule has 0 aromatic rings. The molecule has 6 nitrogen and oxygen atoms in total. The van der Waals surface area contributed by atoms with E-state index in [1.807, 2.05) is 0 Å². The highest BCUT2D eigenvalue weighted by Gasteiger charge is 2.20. The van der Waals surface area contributed by atoms with Gasteiger partial charge in [-0.2, -0.15) is 0 Å². The third-order valence-corrected chi connectivity index (χ3v) is 15.4. The zero-order valence-corrected chi connectivity index (χ0v) is 47.8. The fourth-order valence-electron chi connectivity index (χ4n) is 10.5. The van der Waals surface area contributed by atoms with Gasteiger partial charge >= 0.3 is 5.97 Å². The van der Waals surface area contributed by atoms with Gasteiger partial charge in [0.25, 0.3) is 0 Å². The van der Waals surface area contributed by atoms with Crippen LogP contribution in [0.5, 0.6) is 0 Å². The number of aliphatic hydroxyl groups excluding tert-OH is 2. The van der Waals surface area contributed by atoms with Crippen molar-refractivity contribution in [1.82, 2.24) is 5.32 Å². The third kappa shape index (κ3) is 56.2. The highest BCUT2D eigenvalue weighted by molar-refractivity contribution is 5.76. The largest absolute Gasteiger partial charge is 0.466 e. The molecule has 0 aliphatic rings. The fourth-order valence-corrected chi connectivity index (χ4v) is 10.5. The second-order valence-corrected chi connectivity index (χ2v) is 22.5. The van der Waals surface area contributed by atoms with Crippen LogP contribution in [0.2, 0.25) is 0 Å². The van der Waals surface area contributed by atoms with Crippen molar-refractivity contribution in [2.24, 2.45) is 0 Å². The zero-order valence-electron chi connectivity index (χ0n) is 47.8.